The van der Waals surface area contributed by atoms with E-state index in [2.05, 4.69) is 9.71 Å². The van der Waals surface area contributed by atoms with Gasteiger partial charge in [-0.25, -0.2) is 0 Å². The van der Waals surface area contributed by atoms with Gasteiger partial charge in [0.15, 0.2) is 17.2 Å². The van der Waals surface area contributed by atoms with Crippen LogP contribution < -0.4 is 14.2 Å². The molecule has 0 saturated carbocycles. The predicted octanol–water partition coefficient (Wildman–Crippen LogP) is 7.33. The van der Waals surface area contributed by atoms with Gasteiger partial charge in [0.05, 0.1) is 24.2 Å². The highest BCUT2D eigenvalue weighted by Gasteiger charge is 2.14. The molecule has 9 heteroatoms. The molecule has 1 aromatic heterocycles. The Labute approximate surface area is 204 Å². The number of hydrogen-bond donors (Lipinski definition) is 3. The van der Waals surface area contributed by atoms with Gasteiger partial charge in [-0.15, -0.1) is 0 Å². The number of ether oxygens (including phenoxy) is 2. The molecule has 0 fully saturated rings. The third kappa shape index (κ3) is 5.50. The van der Waals surface area contributed by atoms with E-state index in [-0.39, 0.29) is 6.42 Å². The maximum absolute atomic E-state index is 11.0. The highest BCUT2D eigenvalue weighted by molar-refractivity contribution is 8.00. The number of anilines is 1. The van der Waals surface area contributed by atoms with E-state index < -0.39 is 5.97 Å². The number of aliphatic carboxylic acids is 1. The number of methoxy groups -OCH3 is 1. The molecule has 0 aliphatic rings. The minimum absolute atomic E-state index is 0.101. The lowest BCUT2D eigenvalue weighted by Crippen LogP contribution is -2.01. The number of carbonyl (C=O) groups is 1. The molecule has 0 radical (unpaired) electrons. The SMILES string of the molecule is COc1cc(CC(=O)O)ccc1Oc1cc2cc(C)[nH]c2cc1NSc1ccc(Cl)cc1Cl. The van der Waals surface area contributed by atoms with Crippen molar-refractivity contribution in [3.63, 3.8) is 0 Å². The molecular weight excluding hydrogens is 483 g/mol. The van der Waals surface area contributed by atoms with Gasteiger partial charge in [-0.1, -0.05) is 29.3 Å². The summed E-state index contributed by atoms with van der Waals surface area (Å²) in [5.74, 6) is 0.570. The summed E-state index contributed by atoms with van der Waals surface area (Å²) in [6, 6.07) is 16.3. The average Bonchev–Trinajstić information content (AvgIpc) is 3.12. The van der Waals surface area contributed by atoms with Crippen LogP contribution >= 0.6 is 35.1 Å². The molecule has 4 rings (SSSR count). The molecule has 0 amide bonds. The number of aromatic nitrogens is 1. The normalized spacial score (nSPS) is 10.9. The zero-order valence-corrected chi connectivity index (χ0v) is 20.1. The molecule has 1 heterocycles. The molecule has 0 spiro atoms. The summed E-state index contributed by atoms with van der Waals surface area (Å²) in [5.41, 5.74) is 3.32. The molecule has 4 aromatic rings. The zero-order valence-electron chi connectivity index (χ0n) is 17.7. The van der Waals surface area contributed by atoms with Crippen molar-refractivity contribution >= 4 is 57.7 Å². The molecule has 0 atom stereocenters. The largest absolute Gasteiger partial charge is 0.493 e. The molecule has 3 aromatic carbocycles. The fraction of sp³-hybridized carbons (Fsp3) is 0.125. The molecule has 0 aliphatic heterocycles. The third-order valence-electron chi connectivity index (χ3n) is 4.82. The first-order valence-corrected chi connectivity index (χ1v) is 11.5. The Morgan fingerprint density at radius 3 is 2.61 bits per heavy atom. The monoisotopic (exact) mass is 502 g/mol. The second-order valence-corrected chi connectivity index (χ2v) is 9.02. The Morgan fingerprint density at radius 2 is 1.88 bits per heavy atom. The number of carboxylic acid groups (broad SMARTS) is 1. The molecule has 6 nitrogen and oxygen atoms in total. The first-order valence-electron chi connectivity index (χ1n) is 9.90. The Balaban J connectivity index is 1.68. The van der Waals surface area contributed by atoms with Crippen LogP contribution in [0.5, 0.6) is 17.2 Å². The molecule has 0 unspecified atom stereocenters. The number of rotatable bonds is 8. The maximum atomic E-state index is 11.0. The molecule has 33 heavy (non-hydrogen) atoms. The van der Waals surface area contributed by atoms with Gasteiger partial charge in [0, 0.05) is 26.5 Å². The van der Waals surface area contributed by atoms with E-state index in [1.54, 1.807) is 30.3 Å². The highest BCUT2D eigenvalue weighted by atomic mass is 35.5. The first kappa shape index (κ1) is 23.2. The summed E-state index contributed by atoms with van der Waals surface area (Å²) < 4.78 is 15.0. The van der Waals surface area contributed by atoms with Crippen LogP contribution in [-0.2, 0) is 11.2 Å². The van der Waals surface area contributed by atoms with Gasteiger partial charge in [-0.05, 0) is 73.0 Å². The van der Waals surface area contributed by atoms with Crippen LogP contribution in [0.3, 0.4) is 0 Å². The Morgan fingerprint density at radius 1 is 1.06 bits per heavy atom. The summed E-state index contributed by atoms with van der Waals surface area (Å²) in [4.78, 5) is 15.2. The number of nitrogens with one attached hydrogen (secondary N) is 2. The fourth-order valence-electron chi connectivity index (χ4n) is 3.34. The Kier molecular flexibility index (Phi) is 6.93. The van der Waals surface area contributed by atoms with E-state index in [1.165, 1.54) is 19.1 Å². The lowest BCUT2D eigenvalue weighted by molar-refractivity contribution is -0.136. The fourth-order valence-corrected chi connectivity index (χ4v) is 4.53. The van der Waals surface area contributed by atoms with E-state index in [9.17, 15) is 4.79 Å². The van der Waals surface area contributed by atoms with Gasteiger partial charge < -0.3 is 24.3 Å². The number of H-pyrrole nitrogens is 1. The summed E-state index contributed by atoms with van der Waals surface area (Å²) in [7, 11) is 1.52. The predicted molar refractivity (Wildman–Crippen MR) is 133 cm³/mol. The van der Waals surface area contributed by atoms with Crippen molar-refractivity contribution in [1.29, 1.82) is 0 Å². The van der Waals surface area contributed by atoms with E-state index in [0.717, 1.165) is 27.2 Å². The minimum atomic E-state index is -0.914. The second-order valence-electron chi connectivity index (χ2n) is 7.32. The Bertz CT molecular complexity index is 1340. The number of hydrogen-bond acceptors (Lipinski definition) is 5. The number of aryl methyl sites for hydroxylation is 1. The number of halogens is 2. The quantitative estimate of drug-likeness (QED) is 0.218. The summed E-state index contributed by atoms with van der Waals surface area (Å²) in [6.07, 6.45) is -0.101. The van der Waals surface area contributed by atoms with Gasteiger partial charge in [0.1, 0.15) is 0 Å². The second kappa shape index (κ2) is 9.87. The van der Waals surface area contributed by atoms with Gasteiger partial charge in [0.2, 0.25) is 0 Å². The maximum Gasteiger partial charge on any atom is 0.307 e. The first-order chi connectivity index (χ1) is 15.8. The van der Waals surface area contributed by atoms with Gasteiger partial charge >= 0.3 is 5.97 Å². The van der Waals surface area contributed by atoms with E-state index >= 15 is 0 Å². The van der Waals surface area contributed by atoms with Gasteiger partial charge in [-0.3, -0.25) is 4.79 Å². The van der Waals surface area contributed by atoms with Crippen molar-refractivity contribution in [1.82, 2.24) is 4.98 Å². The Hall–Kier alpha value is -3.00. The number of benzene rings is 3. The van der Waals surface area contributed by atoms with E-state index in [0.29, 0.717) is 32.9 Å². The molecule has 0 bridgehead atoms. The van der Waals surface area contributed by atoms with Crippen molar-refractivity contribution in [3.05, 3.63) is 75.9 Å². The lowest BCUT2D eigenvalue weighted by atomic mass is 10.1. The van der Waals surface area contributed by atoms with E-state index in [4.69, 9.17) is 37.8 Å². The molecule has 170 valence electrons. The minimum Gasteiger partial charge on any atom is -0.493 e. The average molecular weight is 503 g/mol. The number of fused-ring (bicyclic) bond motifs is 1. The summed E-state index contributed by atoms with van der Waals surface area (Å²) >= 11 is 13.7. The van der Waals surface area contributed by atoms with Crippen LogP contribution in [0.4, 0.5) is 5.69 Å². The molecule has 0 aliphatic carbocycles. The molecular formula is C24H20Cl2N2O4S. The van der Waals surface area contributed by atoms with Gasteiger partial charge in [-0.2, -0.15) is 0 Å². The molecule has 3 N–H and O–H groups in total. The summed E-state index contributed by atoms with van der Waals surface area (Å²) in [6.45, 7) is 1.99. The van der Waals surface area contributed by atoms with Crippen molar-refractivity contribution in [2.75, 3.05) is 11.8 Å². The van der Waals surface area contributed by atoms with Gasteiger partial charge in [0.25, 0.3) is 0 Å². The lowest BCUT2D eigenvalue weighted by Gasteiger charge is -2.16. The number of carboxylic acids is 1. The van der Waals surface area contributed by atoms with Crippen LogP contribution in [0.15, 0.2) is 59.5 Å². The topological polar surface area (TPSA) is 83.6 Å². The zero-order chi connectivity index (χ0) is 23.5. The van der Waals surface area contributed by atoms with Crippen LogP contribution in [0.1, 0.15) is 11.3 Å². The standard InChI is InChI=1S/C24H20Cl2N2O4S/c1-13-7-15-10-21(32-20-5-3-14(9-24(29)30)8-22(20)31-2)19(12-18(15)27-13)28-33-23-6-4-16(25)11-17(23)26/h3-8,10-12,27-28H,9H2,1-2H3,(H,29,30). The van der Waals surface area contributed by atoms with Crippen molar-refractivity contribution in [3.8, 4) is 17.2 Å². The third-order valence-corrected chi connectivity index (χ3v) is 6.38. The van der Waals surface area contributed by atoms with Crippen molar-refractivity contribution < 1.29 is 19.4 Å². The van der Waals surface area contributed by atoms with Crippen LogP contribution in [0.2, 0.25) is 10.0 Å². The highest BCUT2D eigenvalue weighted by Crippen LogP contribution is 2.40. The summed E-state index contributed by atoms with van der Waals surface area (Å²) in [5, 5.41) is 11.2. The van der Waals surface area contributed by atoms with Crippen molar-refractivity contribution in [2.24, 2.45) is 0 Å². The van der Waals surface area contributed by atoms with Crippen LogP contribution in [0.25, 0.3) is 10.9 Å². The van der Waals surface area contributed by atoms with Crippen molar-refractivity contribution in [2.45, 2.75) is 18.2 Å². The smallest absolute Gasteiger partial charge is 0.307 e. The van der Waals surface area contributed by atoms with E-state index in [1.807, 2.05) is 31.2 Å². The van der Waals surface area contributed by atoms with Crippen LogP contribution in [-0.4, -0.2) is 23.2 Å². The number of aromatic amines is 1. The molecule has 0 saturated heterocycles. The van der Waals surface area contributed by atoms with Crippen LogP contribution in [0, 0.1) is 6.92 Å².